The minimum atomic E-state index is -2.81. The molecule has 0 aromatic carbocycles. The molecule has 2 unspecified atom stereocenters. The number of hydrogen-bond donors (Lipinski definition) is 1. The summed E-state index contributed by atoms with van der Waals surface area (Å²) in [6.45, 7) is 1.07. The summed E-state index contributed by atoms with van der Waals surface area (Å²) in [6, 6.07) is 5.82. The van der Waals surface area contributed by atoms with Crippen LogP contribution in [0.2, 0.25) is 0 Å². The second-order valence-electron chi connectivity index (χ2n) is 9.81. The van der Waals surface area contributed by atoms with Gasteiger partial charge in [0.2, 0.25) is 17.8 Å². The number of alkyl halides is 2. The Kier molecular flexibility index (Phi) is 4.23. The molecule has 2 aromatic rings. The molecule has 1 saturated heterocycles. The second kappa shape index (κ2) is 6.83. The van der Waals surface area contributed by atoms with E-state index in [1.165, 1.54) is 0 Å². The van der Waals surface area contributed by atoms with Crippen LogP contribution in [0, 0.1) is 17.3 Å². The van der Waals surface area contributed by atoms with Crippen LogP contribution in [0.4, 0.5) is 14.7 Å². The molecule has 3 atom stereocenters. The van der Waals surface area contributed by atoms with Gasteiger partial charge in [0.25, 0.3) is 5.92 Å². The average Bonchev–Trinajstić information content (AvgIpc) is 3.64. The van der Waals surface area contributed by atoms with Crippen LogP contribution in [0.1, 0.15) is 50.1 Å². The van der Waals surface area contributed by atoms with Gasteiger partial charge in [0.1, 0.15) is 5.92 Å². The van der Waals surface area contributed by atoms with Crippen molar-refractivity contribution in [2.45, 2.75) is 50.4 Å². The zero-order valence-electron chi connectivity index (χ0n) is 17.6. The highest BCUT2D eigenvalue weighted by molar-refractivity contribution is 5.92. The predicted octanol–water partition coefficient (Wildman–Crippen LogP) is 3.39. The van der Waals surface area contributed by atoms with Gasteiger partial charge < -0.3 is 4.90 Å². The lowest BCUT2D eigenvalue weighted by molar-refractivity contribution is -0.134. The minimum absolute atomic E-state index is 0.0220. The molecule has 0 bridgehead atoms. The normalized spacial score (nSPS) is 30.8. The second-order valence-corrected chi connectivity index (χ2v) is 9.81. The van der Waals surface area contributed by atoms with Crippen LogP contribution in [0.15, 0.2) is 30.4 Å². The number of anilines is 1. The topological polar surface area (TPSA) is 79.6 Å². The number of aromatic nitrogens is 3. The quantitative estimate of drug-likeness (QED) is 0.738. The van der Waals surface area contributed by atoms with Crippen LogP contribution in [-0.2, 0) is 9.59 Å². The lowest BCUT2D eigenvalue weighted by Crippen LogP contribution is -2.34. The third kappa shape index (κ3) is 3.38. The molecule has 2 aromatic heterocycles. The highest BCUT2D eigenvalue weighted by Crippen LogP contribution is 2.51. The van der Waals surface area contributed by atoms with Crippen molar-refractivity contribution < 1.29 is 18.4 Å². The summed E-state index contributed by atoms with van der Waals surface area (Å²) in [6.07, 6.45) is 8.43. The maximum atomic E-state index is 13.3. The van der Waals surface area contributed by atoms with Crippen LogP contribution in [-0.4, -0.2) is 50.3 Å². The molecule has 0 radical (unpaired) electrons. The van der Waals surface area contributed by atoms with Crippen LogP contribution in [0.25, 0.3) is 5.65 Å². The van der Waals surface area contributed by atoms with E-state index >= 15 is 0 Å². The Balaban J connectivity index is 1.18. The average molecular weight is 441 g/mol. The van der Waals surface area contributed by atoms with Crippen molar-refractivity contribution in [3.8, 4) is 0 Å². The molecule has 1 N–H and O–H groups in total. The van der Waals surface area contributed by atoms with E-state index in [1.807, 2.05) is 18.2 Å². The van der Waals surface area contributed by atoms with E-state index < -0.39 is 17.7 Å². The van der Waals surface area contributed by atoms with Gasteiger partial charge in [-0.25, -0.2) is 13.3 Å². The van der Waals surface area contributed by atoms with Crippen molar-refractivity contribution in [1.29, 1.82) is 0 Å². The highest BCUT2D eigenvalue weighted by Gasteiger charge is 2.63. The molecule has 3 aliphatic carbocycles. The highest BCUT2D eigenvalue weighted by atomic mass is 19.3. The molecule has 1 aliphatic heterocycles. The fourth-order valence-electron chi connectivity index (χ4n) is 5.13. The number of pyridine rings is 1. The van der Waals surface area contributed by atoms with Gasteiger partial charge in [-0.1, -0.05) is 18.2 Å². The number of nitrogens with one attached hydrogen (secondary N) is 1. The van der Waals surface area contributed by atoms with Crippen molar-refractivity contribution in [3.63, 3.8) is 0 Å². The van der Waals surface area contributed by atoms with Gasteiger partial charge in [-0.3, -0.25) is 14.9 Å². The Labute approximate surface area is 183 Å². The first-order valence-electron chi connectivity index (χ1n) is 11.4. The molecule has 9 heteroatoms. The van der Waals surface area contributed by atoms with Gasteiger partial charge in [0.05, 0.1) is 5.69 Å². The Morgan fingerprint density at radius 1 is 1.16 bits per heavy atom. The zero-order chi connectivity index (χ0) is 22.1. The van der Waals surface area contributed by atoms with Gasteiger partial charge in [-0.05, 0) is 44.2 Å². The van der Waals surface area contributed by atoms with E-state index in [1.54, 1.807) is 9.42 Å². The lowest BCUT2D eigenvalue weighted by atomic mass is 9.74. The Morgan fingerprint density at radius 3 is 2.66 bits per heavy atom. The Hall–Kier alpha value is -2.84. The molecule has 1 spiro atoms. The molecule has 7 nitrogen and oxygen atoms in total. The first kappa shape index (κ1) is 19.8. The zero-order valence-corrected chi connectivity index (χ0v) is 17.6. The molecular formula is C23H25F2N5O2. The Morgan fingerprint density at radius 2 is 1.97 bits per heavy atom. The molecule has 3 fully saturated rings. The minimum Gasteiger partial charge on any atom is -0.341 e. The van der Waals surface area contributed by atoms with Crippen molar-refractivity contribution >= 4 is 23.4 Å². The van der Waals surface area contributed by atoms with Crippen molar-refractivity contribution in [1.82, 2.24) is 19.5 Å². The molecule has 2 saturated carbocycles. The number of carbonyl (C=O) groups is 2. The summed E-state index contributed by atoms with van der Waals surface area (Å²) in [4.78, 5) is 30.5. The van der Waals surface area contributed by atoms with E-state index in [4.69, 9.17) is 0 Å². The van der Waals surface area contributed by atoms with E-state index in [2.05, 4.69) is 27.6 Å². The SMILES string of the molecule is O=C(Nc1nc2cccc(C3C=C[C@]4(CC3)CCN(C(=O)C3CC3(F)F)C4)n2n1)C1CC1. The summed E-state index contributed by atoms with van der Waals surface area (Å²) in [5, 5.41) is 7.33. The number of carbonyl (C=O) groups excluding carboxylic acids is 2. The summed E-state index contributed by atoms with van der Waals surface area (Å²) in [7, 11) is 0. The monoisotopic (exact) mass is 441 g/mol. The van der Waals surface area contributed by atoms with E-state index in [-0.39, 0.29) is 29.6 Å². The van der Waals surface area contributed by atoms with Crippen molar-refractivity contribution in [2.24, 2.45) is 17.3 Å². The van der Waals surface area contributed by atoms with Gasteiger partial charge in [-0.2, -0.15) is 4.98 Å². The van der Waals surface area contributed by atoms with Gasteiger partial charge >= 0.3 is 0 Å². The number of halogens is 2. The fourth-order valence-corrected chi connectivity index (χ4v) is 5.13. The van der Waals surface area contributed by atoms with Crippen LogP contribution in [0.5, 0.6) is 0 Å². The summed E-state index contributed by atoms with van der Waals surface area (Å²) in [5.74, 6) is -3.79. The third-order valence-electron chi connectivity index (χ3n) is 7.41. The molecular weight excluding hydrogens is 416 g/mol. The van der Waals surface area contributed by atoms with Crippen LogP contribution in [0.3, 0.4) is 0 Å². The number of fused-ring (bicyclic) bond motifs is 1. The third-order valence-corrected chi connectivity index (χ3v) is 7.41. The van der Waals surface area contributed by atoms with E-state index in [0.717, 1.165) is 37.8 Å². The maximum Gasteiger partial charge on any atom is 0.260 e. The van der Waals surface area contributed by atoms with Gasteiger partial charge in [0.15, 0.2) is 5.65 Å². The number of allylic oxidation sites excluding steroid dienone is 1. The van der Waals surface area contributed by atoms with Gasteiger partial charge in [-0.15, -0.1) is 5.10 Å². The van der Waals surface area contributed by atoms with Gasteiger partial charge in [0, 0.05) is 36.8 Å². The number of amides is 2. The molecule has 6 rings (SSSR count). The number of rotatable bonds is 4. The van der Waals surface area contributed by atoms with Crippen LogP contribution >= 0.6 is 0 Å². The number of likely N-dealkylation sites (tertiary alicyclic amines) is 1. The van der Waals surface area contributed by atoms with Crippen molar-refractivity contribution in [3.05, 3.63) is 36.0 Å². The largest absolute Gasteiger partial charge is 0.341 e. The predicted molar refractivity (Wildman–Crippen MR) is 112 cm³/mol. The maximum absolute atomic E-state index is 13.3. The lowest BCUT2D eigenvalue weighted by Gasteiger charge is -2.32. The number of hydrogen-bond acceptors (Lipinski definition) is 4. The van der Waals surface area contributed by atoms with Crippen molar-refractivity contribution in [2.75, 3.05) is 18.4 Å². The summed E-state index contributed by atoms with van der Waals surface area (Å²) < 4.78 is 28.4. The molecule has 168 valence electrons. The summed E-state index contributed by atoms with van der Waals surface area (Å²) in [5.41, 5.74) is 1.55. The van der Waals surface area contributed by atoms with Crippen LogP contribution < -0.4 is 5.32 Å². The first-order chi connectivity index (χ1) is 15.3. The Bertz CT molecular complexity index is 1140. The first-order valence-corrected chi connectivity index (χ1v) is 11.4. The fraction of sp³-hybridized carbons (Fsp3) is 0.565. The smallest absolute Gasteiger partial charge is 0.260 e. The summed E-state index contributed by atoms with van der Waals surface area (Å²) >= 11 is 0. The molecule has 32 heavy (non-hydrogen) atoms. The number of nitrogens with zero attached hydrogens (tertiary/aromatic N) is 4. The van der Waals surface area contributed by atoms with E-state index in [9.17, 15) is 18.4 Å². The standard InChI is InChI=1S/C23H25F2N5O2/c24-23(25)12-16(23)20(32)29-11-10-22(13-29)8-6-14(7-9-22)17-2-1-3-18-26-21(28-30(17)18)27-19(31)15-4-5-15/h1-3,6,8,14-16H,4-5,7,9-13H2,(H,27,28,31)/t14?,16?,22-/m0/s1. The molecule has 4 aliphatic rings. The molecule has 2 amide bonds. The molecule has 3 heterocycles. The van der Waals surface area contributed by atoms with E-state index in [0.29, 0.717) is 24.7 Å².